The molecule has 1 aromatic carbocycles. The van der Waals surface area contributed by atoms with Crippen LogP contribution in [0.3, 0.4) is 0 Å². The van der Waals surface area contributed by atoms with Gasteiger partial charge in [0, 0.05) is 6.42 Å². The van der Waals surface area contributed by atoms with Crippen LogP contribution in [-0.2, 0) is 5.54 Å². The molecule has 1 unspecified atom stereocenters. The molecule has 1 aromatic rings. The topological polar surface area (TPSA) is 26.0 Å². The molecule has 0 radical (unpaired) electrons. The Bertz CT molecular complexity index is 387. The minimum Gasteiger partial charge on any atom is -0.316 e. The third-order valence-electron chi connectivity index (χ3n) is 3.11. The van der Waals surface area contributed by atoms with Crippen molar-refractivity contribution in [2.45, 2.75) is 31.7 Å². The van der Waals surface area contributed by atoms with Gasteiger partial charge < -0.3 is 5.73 Å². The molecule has 2 rings (SSSR count). The van der Waals surface area contributed by atoms with Crippen molar-refractivity contribution in [1.29, 1.82) is 0 Å². The Kier molecular flexibility index (Phi) is 1.74. The van der Waals surface area contributed by atoms with Gasteiger partial charge in [-0.1, -0.05) is 18.2 Å². The molecule has 76 valence electrons. The van der Waals surface area contributed by atoms with Crippen molar-refractivity contribution >= 4 is 0 Å². The summed E-state index contributed by atoms with van der Waals surface area (Å²) >= 11 is 0. The van der Waals surface area contributed by atoms with Crippen LogP contribution in [0.4, 0.5) is 8.78 Å². The number of rotatable bonds is 1. The summed E-state index contributed by atoms with van der Waals surface area (Å²) in [5.74, 6) is -2.73. The van der Waals surface area contributed by atoms with Gasteiger partial charge in [0.05, 0.1) is 0 Å². The summed E-state index contributed by atoms with van der Waals surface area (Å²) in [5.41, 5.74) is 6.73. The van der Waals surface area contributed by atoms with Crippen LogP contribution in [0.15, 0.2) is 18.2 Å². The Morgan fingerprint density at radius 3 is 2.36 bits per heavy atom. The Balaban J connectivity index is 2.49. The van der Waals surface area contributed by atoms with Gasteiger partial charge in [0.25, 0.3) is 5.92 Å². The van der Waals surface area contributed by atoms with Crippen molar-refractivity contribution in [2.24, 2.45) is 5.73 Å². The Labute approximate surface area is 81.9 Å². The van der Waals surface area contributed by atoms with E-state index in [-0.39, 0.29) is 6.42 Å². The van der Waals surface area contributed by atoms with Crippen molar-refractivity contribution in [3.05, 3.63) is 34.9 Å². The van der Waals surface area contributed by atoms with Crippen LogP contribution >= 0.6 is 0 Å². The molecule has 0 aliphatic heterocycles. The van der Waals surface area contributed by atoms with E-state index >= 15 is 0 Å². The molecule has 1 aliphatic carbocycles. The van der Waals surface area contributed by atoms with E-state index in [2.05, 4.69) is 0 Å². The lowest BCUT2D eigenvalue weighted by atomic mass is 9.96. The highest BCUT2D eigenvalue weighted by Crippen LogP contribution is 2.58. The Hall–Kier alpha value is -0.960. The summed E-state index contributed by atoms with van der Waals surface area (Å²) in [4.78, 5) is 0. The van der Waals surface area contributed by atoms with Crippen molar-refractivity contribution in [1.82, 2.24) is 0 Å². The van der Waals surface area contributed by atoms with E-state index in [0.29, 0.717) is 5.56 Å². The van der Waals surface area contributed by atoms with Crippen LogP contribution in [0, 0.1) is 13.8 Å². The van der Waals surface area contributed by atoms with Gasteiger partial charge in [0.15, 0.2) is 0 Å². The molecule has 1 aliphatic rings. The zero-order valence-electron chi connectivity index (χ0n) is 8.27. The van der Waals surface area contributed by atoms with Crippen LogP contribution in [0.1, 0.15) is 23.1 Å². The molecule has 1 nitrogen and oxygen atoms in total. The predicted molar refractivity (Wildman–Crippen MR) is 51.3 cm³/mol. The zero-order valence-corrected chi connectivity index (χ0v) is 8.27. The number of nitrogens with two attached hydrogens (primary N) is 1. The average molecular weight is 197 g/mol. The van der Waals surface area contributed by atoms with E-state index in [4.69, 9.17) is 5.73 Å². The summed E-state index contributed by atoms with van der Waals surface area (Å²) in [5, 5.41) is 0. The van der Waals surface area contributed by atoms with Gasteiger partial charge in [-0.05, 0) is 30.5 Å². The normalized spacial score (nSPS) is 28.9. The second-order valence-electron chi connectivity index (χ2n) is 4.10. The number of aryl methyl sites for hydroxylation is 1. The molecule has 0 saturated heterocycles. The molecular formula is C11H13F2N. The Morgan fingerprint density at radius 2 is 1.86 bits per heavy atom. The lowest BCUT2D eigenvalue weighted by Crippen LogP contribution is -2.28. The summed E-state index contributed by atoms with van der Waals surface area (Å²) < 4.78 is 26.1. The van der Waals surface area contributed by atoms with E-state index in [1.54, 1.807) is 12.1 Å². The summed E-state index contributed by atoms with van der Waals surface area (Å²) in [6, 6.07) is 5.38. The highest BCUT2D eigenvalue weighted by Gasteiger charge is 2.70. The summed E-state index contributed by atoms with van der Waals surface area (Å²) in [7, 11) is 0. The standard InChI is InChI=1S/C11H13F2N/c1-7-4-3-5-9(8(7)2)10(14)6-11(10,12)13/h3-5H,6,14H2,1-2H3. The van der Waals surface area contributed by atoms with Crippen molar-refractivity contribution < 1.29 is 8.78 Å². The first kappa shape index (κ1) is 9.59. The van der Waals surface area contributed by atoms with Crippen molar-refractivity contribution in [3.8, 4) is 0 Å². The van der Waals surface area contributed by atoms with Crippen LogP contribution in [0.5, 0.6) is 0 Å². The first-order chi connectivity index (χ1) is 6.38. The molecule has 0 amide bonds. The third-order valence-corrected chi connectivity index (χ3v) is 3.11. The maximum absolute atomic E-state index is 13.1. The first-order valence-corrected chi connectivity index (χ1v) is 4.62. The lowest BCUT2D eigenvalue weighted by molar-refractivity contribution is 0.0889. The van der Waals surface area contributed by atoms with E-state index < -0.39 is 11.5 Å². The predicted octanol–water partition coefficient (Wildman–Crippen LogP) is 2.50. The number of alkyl halides is 2. The molecule has 3 heteroatoms. The largest absolute Gasteiger partial charge is 0.316 e. The van der Waals surface area contributed by atoms with Gasteiger partial charge in [-0.15, -0.1) is 0 Å². The molecule has 1 fully saturated rings. The van der Waals surface area contributed by atoms with E-state index in [9.17, 15) is 8.78 Å². The van der Waals surface area contributed by atoms with E-state index in [0.717, 1.165) is 11.1 Å². The summed E-state index contributed by atoms with van der Waals surface area (Å²) in [6.07, 6.45) is -0.232. The average Bonchev–Trinajstić information content (AvgIpc) is 2.58. The molecule has 1 saturated carbocycles. The minimum atomic E-state index is -2.73. The molecule has 2 N–H and O–H groups in total. The van der Waals surface area contributed by atoms with Gasteiger partial charge in [-0.3, -0.25) is 0 Å². The molecule has 0 bridgehead atoms. The second kappa shape index (κ2) is 2.54. The second-order valence-corrected chi connectivity index (χ2v) is 4.10. The maximum atomic E-state index is 13.1. The fourth-order valence-corrected chi connectivity index (χ4v) is 1.83. The molecule has 0 heterocycles. The minimum absolute atomic E-state index is 0.232. The fourth-order valence-electron chi connectivity index (χ4n) is 1.83. The van der Waals surface area contributed by atoms with Gasteiger partial charge in [0.1, 0.15) is 5.54 Å². The van der Waals surface area contributed by atoms with Gasteiger partial charge >= 0.3 is 0 Å². The lowest BCUT2D eigenvalue weighted by Gasteiger charge is -2.15. The number of halogens is 2. The first-order valence-electron chi connectivity index (χ1n) is 4.62. The smallest absolute Gasteiger partial charge is 0.272 e. The van der Waals surface area contributed by atoms with Crippen LogP contribution in [0.25, 0.3) is 0 Å². The fraction of sp³-hybridized carbons (Fsp3) is 0.455. The molecule has 14 heavy (non-hydrogen) atoms. The monoisotopic (exact) mass is 197 g/mol. The van der Waals surface area contributed by atoms with Gasteiger partial charge in [-0.25, -0.2) is 8.78 Å². The SMILES string of the molecule is Cc1cccc(C2(N)CC2(F)F)c1C. The molecule has 0 aromatic heterocycles. The number of benzene rings is 1. The van der Waals surface area contributed by atoms with E-state index in [1.165, 1.54) is 0 Å². The molecule has 1 atom stereocenters. The van der Waals surface area contributed by atoms with Crippen LogP contribution < -0.4 is 5.73 Å². The summed E-state index contributed by atoms with van der Waals surface area (Å²) in [6.45, 7) is 3.75. The molecular weight excluding hydrogens is 184 g/mol. The highest BCUT2D eigenvalue weighted by atomic mass is 19.3. The quantitative estimate of drug-likeness (QED) is 0.735. The number of hydrogen-bond acceptors (Lipinski definition) is 1. The van der Waals surface area contributed by atoms with Crippen LogP contribution in [0.2, 0.25) is 0 Å². The highest BCUT2D eigenvalue weighted by molar-refractivity contribution is 5.44. The zero-order chi connectivity index (χ0) is 10.6. The van der Waals surface area contributed by atoms with Gasteiger partial charge in [0.2, 0.25) is 0 Å². The number of hydrogen-bond donors (Lipinski definition) is 1. The Morgan fingerprint density at radius 1 is 1.29 bits per heavy atom. The van der Waals surface area contributed by atoms with Gasteiger partial charge in [-0.2, -0.15) is 0 Å². The molecule has 0 spiro atoms. The third kappa shape index (κ3) is 1.08. The maximum Gasteiger partial charge on any atom is 0.272 e. The van der Waals surface area contributed by atoms with E-state index in [1.807, 2.05) is 19.9 Å². The van der Waals surface area contributed by atoms with Crippen molar-refractivity contribution in [2.75, 3.05) is 0 Å². The van der Waals surface area contributed by atoms with Crippen LogP contribution in [-0.4, -0.2) is 5.92 Å². The van der Waals surface area contributed by atoms with Crippen molar-refractivity contribution in [3.63, 3.8) is 0 Å².